The van der Waals surface area contributed by atoms with Crippen LogP contribution in [0.3, 0.4) is 0 Å². The Bertz CT molecular complexity index is 1210. The third-order valence-electron chi connectivity index (χ3n) is 3.95. The van der Waals surface area contributed by atoms with E-state index in [1.54, 1.807) is 6.07 Å². The molecule has 0 radical (unpaired) electrons. The van der Waals surface area contributed by atoms with Crippen molar-refractivity contribution in [3.63, 3.8) is 0 Å². The van der Waals surface area contributed by atoms with Gasteiger partial charge in [0.2, 0.25) is 6.79 Å². The van der Waals surface area contributed by atoms with Crippen LogP contribution in [-0.4, -0.2) is 29.7 Å². The molecule has 8 nitrogen and oxygen atoms in total. The average molecular weight is 407 g/mol. The Balaban J connectivity index is 1.73. The normalized spacial score (nSPS) is 12.9. The van der Waals surface area contributed by atoms with Gasteiger partial charge in [-0.2, -0.15) is 3.97 Å². The van der Waals surface area contributed by atoms with E-state index in [1.165, 1.54) is 36.4 Å². The topological polar surface area (TPSA) is 96.6 Å². The Labute approximate surface area is 158 Å². The summed E-state index contributed by atoms with van der Waals surface area (Å²) in [5.74, 6) is 0.173. The van der Waals surface area contributed by atoms with Gasteiger partial charge in [-0.05, 0) is 42.5 Å². The average Bonchev–Trinajstić information content (AvgIpc) is 3.27. The van der Waals surface area contributed by atoms with Gasteiger partial charge in [0, 0.05) is 23.0 Å². The highest BCUT2D eigenvalue weighted by Crippen LogP contribution is 2.32. The maximum atomic E-state index is 12.7. The molecule has 0 atom stereocenters. The maximum absolute atomic E-state index is 12.7. The van der Waals surface area contributed by atoms with Gasteiger partial charge in [0.1, 0.15) is 0 Å². The number of carbonyl (C=O) groups excluding carboxylic acids is 1. The molecule has 3 aromatic rings. The SMILES string of the molecule is O=C(c1ccc2c(c1)OCO2)n1ccn(S(=O)(=O)c2ccc(Cl)cc2)c1=O. The summed E-state index contributed by atoms with van der Waals surface area (Å²) in [4.78, 5) is 25.1. The van der Waals surface area contributed by atoms with Crippen LogP contribution in [0.15, 0.2) is 64.5 Å². The molecule has 0 amide bonds. The zero-order valence-corrected chi connectivity index (χ0v) is 15.1. The fraction of sp³-hybridized carbons (Fsp3) is 0.0588. The van der Waals surface area contributed by atoms with Crippen molar-refractivity contribution in [1.82, 2.24) is 8.54 Å². The first-order chi connectivity index (χ1) is 12.9. The molecule has 0 aliphatic carbocycles. The van der Waals surface area contributed by atoms with Crippen molar-refractivity contribution in [3.8, 4) is 11.5 Å². The number of imidazole rings is 1. The Morgan fingerprint density at radius 1 is 1.00 bits per heavy atom. The molecule has 1 aromatic heterocycles. The summed E-state index contributed by atoms with van der Waals surface area (Å²) in [6, 6.07) is 9.79. The monoisotopic (exact) mass is 406 g/mol. The van der Waals surface area contributed by atoms with E-state index in [-0.39, 0.29) is 17.3 Å². The van der Waals surface area contributed by atoms with Gasteiger partial charge in [0.25, 0.3) is 15.9 Å². The van der Waals surface area contributed by atoms with Crippen molar-refractivity contribution in [2.75, 3.05) is 6.79 Å². The first kappa shape index (κ1) is 17.4. The highest BCUT2D eigenvalue weighted by atomic mass is 35.5. The van der Waals surface area contributed by atoms with Gasteiger partial charge in [-0.15, -0.1) is 0 Å². The predicted molar refractivity (Wildman–Crippen MR) is 95.0 cm³/mol. The van der Waals surface area contributed by atoms with Crippen LogP contribution in [0.4, 0.5) is 0 Å². The molecular formula is C17H11ClN2O6S. The fourth-order valence-corrected chi connectivity index (χ4v) is 3.93. The molecule has 0 saturated carbocycles. The van der Waals surface area contributed by atoms with Crippen LogP contribution in [0.5, 0.6) is 11.5 Å². The second-order valence-electron chi connectivity index (χ2n) is 5.58. The van der Waals surface area contributed by atoms with Crippen LogP contribution in [0.2, 0.25) is 5.02 Å². The predicted octanol–water partition coefficient (Wildman–Crippen LogP) is 1.96. The first-order valence-electron chi connectivity index (χ1n) is 7.63. The summed E-state index contributed by atoms with van der Waals surface area (Å²) in [7, 11) is -4.16. The molecule has 0 unspecified atom stereocenters. The Hall–Kier alpha value is -3.04. The molecule has 10 heteroatoms. The van der Waals surface area contributed by atoms with Crippen molar-refractivity contribution < 1.29 is 22.7 Å². The molecule has 138 valence electrons. The standard InChI is InChI=1S/C17H11ClN2O6S/c18-12-2-4-13(5-3-12)27(23,24)20-8-7-19(17(20)22)16(21)11-1-6-14-15(9-11)26-10-25-14/h1-9H,10H2. The van der Waals surface area contributed by atoms with Crippen molar-refractivity contribution in [2.24, 2.45) is 0 Å². The van der Waals surface area contributed by atoms with Crippen LogP contribution in [0.25, 0.3) is 0 Å². The van der Waals surface area contributed by atoms with E-state index in [0.29, 0.717) is 25.1 Å². The van der Waals surface area contributed by atoms with Crippen molar-refractivity contribution in [1.29, 1.82) is 0 Å². The van der Waals surface area contributed by atoms with E-state index in [1.807, 2.05) is 0 Å². The molecule has 27 heavy (non-hydrogen) atoms. The number of fused-ring (bicyclic) bond motifs is 1. The van der Waals surface area contributed by atoms with Crippen molar-refractivity contribution in [3.05, 3.63) is 75.9 Å². The molecule has 0 spiro atoms. The van der Waals surface area contributed by atoms with Crippen LogP contribution < -0.4 is 15.2 Å². The quantitative estimate of drug-likeness (QED) is 0.659. The summed E-state index contributed by atoms with van der Waals surface area (Å²) >= 11 is 5.76. The smallest absolute Gasteiger partial charge is 0.349 e. The summed E-state index contributed by atoms with van der Waals surface area (Å²) in [6.07, 6.45) is 2.12. The molecule has 0 N–H and O–H groups in total. The summed E-state index contributed by atoms with van der Waals surface area (Å²) in [5, 5.41) is 0.358. The van der Waals surface area contributed by atoms with Gasteiger partial charge < -0.3 is 9.47 Å². The van der Waals surface area contributed by atoms with E-state index in [9.17, 15) is 18.0 Å². The van der Waals surface area contributed by atoms with Gasteiger partial charge in [-0.3, -0.25) is 4.79 Å². The van der Waals surface area contributed by atoms with E-state index < -0.39 is 21.6 Å². The van der Waals surface area contributed by atoms with Gasteiger partial charge >= 0.3 is 5.69 Å². The number of halogens is 1. The van der Waals surface area contributed by atoms with Gasteiger partial charge in [-0.25, -0.2) is 17.8 Å². The summed E-state index contributed by atoms with van der Waals surface area (Å²) < 4.78 is 36.9. The lowest BCUT2D eigenvalue weighted by molar-refractivity contribution is 0.0955. The number of hydrogen-bond donors (Lipinski definition) is 0. The minimum absolute atomic E-state index is 0.0443. The largest absolute Gasteiger partial charge is 0.454 e. The third-order valence-corrected chi connectivity index (χ3v) is 5.87. The lowest BCUT2D eigenvalue weighted by Gasteiger charge is -2.05. The number of carbonyl (C=O) groups is 1. The molecular weight excluding hydrogens is 396 g/mol. The molecule has 0 bridgehead atoms. The van der Waals surface area contributed by atoms with E-state index in [2.05, 4.69) is 0 Å². The number of nitrogens with zero attached hydrogens (tertiary/aromatic N) is 2. The lowest BCUT2D eigenvalue weighted by atomic mass is 10.2. The number of aromatic nitrogens is 2. The second kappa shape index (κ2) is 6.29. The number of ether oxygens (including phenoxy) is 2. The zero-order chi connectivity index (χ0) is 19.2. The second-order valence-corrected chi connectivity index (χ2v) is 7.83. The third kappa shape index (κ3) is 2.90. The Morgan fingerprint density at radius 2 is 1.70 bits per heavy atom. The molecule has 0 fully saturated rings. The minimum Gasteiger partial charge on any atom is -0.454 e. The number of rotatable bonds is 3. The molecule has 2 heterocycles. The lowest BCUT2D eigenvalue weighted by Crippen LogP contribution is -2.32. The molecule has 1 aliphatic rings. The first-order valence-corrected chi connectivity index (χ1v) is 9.45. The summed E-state index contributed by atoms with van der Waals surface area (Å²) in [5.41, 5.74) is -0.851. The van der Waals surface area contributed by atoms with Crippen LogP contribution in [0, 0.1) is 0 Å². The van der Waals surface area contributed by atoms with Crippen LogP contribution >= 0.6 is 11.6 Å². The van der Waals surface area contributed by atoms with Crippen LogP contribution in [0.1, 0.15) is 10.4 Å². The van der Waals surface area contributed by atoms with Gasteiger partial charge in [-0.1, -0.05) is 11.6 Å². The molecule has 4 rings (SSSR count). The molecule has 2 aromatic carbocycles. The summed E-state index contributed by atoms with van der Waals surface area (Å²) in [6.45, 7) is 0.0443. The zero-order valence-electron chi connectivity index (χ0n) is 13.5. The Morgan fingerprint density at radius 3 is 2.44 bits per heavy atom. The maximum Gasteiger partial charge on any atom is 0.349 e. The Kier molecular flexibility index (Phi) is 4.05. The number of hydrogen-bond acceptors (Lipinski definition) is 6. The van der Waals surface area contributed by atoms with E-state index >= 15 is 0 Å². The number of benzene rings is 2. The van der Waals surface area contributed by atoms with Crippen LogP contribution in [-0.2, 0) is 10.0 Å². The van der Waals surface area contributed by atoms with E-state index in [0.717, 1.165) is 12.4 Å². The highest BCUT2D eigenvalue weighted by molar-refractivity contribution is 7.90. The molecule has 1 aliphatic heterocycles. The highest BCUT2D eigenvalue weighted by Gasteiger charge is 2.24. The minimum atomic E-state index is -4.16. The van der Waals surface area contributed by atoms with E-state index in [4.69, 9.17) is 21.1 Å². The van der Waals surface area contributed by atoms with Crippen molar-refractivity contribution in [2.45, 2.75) is 4.90 Å². The molecule has 0 saturated heterocycles. The van der Waals surface area contributed by atoms with Crippen molar-refractivity contribution >= 4 is 27.5 Å². The van der Waals surface area contributed by atoms with Gasteiger partial charge in [0.15, 0.2) is 11.5 Å². The fourth-order valence-electron chi connectivity index (χ4n) is 2.59. The van der Waals surface area contributed by atoms with Gasteiger partial charge in [0.05, 0.1) is 4.90 Å².